The summed E-state index contributed by atoms with van der Waals surface area (Å²) in [5, 5.41) is 3.52. The number of sulfone groups is 1. The number of nitrogens with one attached hydrogen (secondary N) is 1. The van der Waals surface area contributed by atoms with E-state index in [0.29, 0.717) is 6.04 Å². The Balaban J connectivity index is 1.83. The molecule has 4 heteroatoms. The number of hydrogen-bond acceptors (Lipinski definition) is 3. The average molecular weight is 231 g/mol. The summed E-state index contributed by atoms with van der Waals surface area (Å²) in [6.07, 6.45) is 6.65. The summed E-state index contributed by atoms with van der Waals surface area (Å²) in [5.41, 5.74) is 0. The summed E-state index contributed by atoms with van der Waals surface area (Å²) in [4.78, 5) is 0. The van der Waals surface area contributed by atoms with E-state index >= 15 is 0 Å². The molecule has 0 aromatic carbocycles. The van der Waals surface area contributed by atoms with Gasteiger partial charge in [0.1, 0.15) is 9.84 Å². The van der Waals surface area contributed by atoms with E-state index in [9.17, 15) is 8.42 Å². The molecular formula is C11H21NO2S. The lowest BCUT2D eigenvalue weighted by Crippen LogP contribution is -2.42. The lowest BCUT2D eigenvalue weighted by molar-refractivity contribution is 0.385. The van der Waals surface area contributed by atoms with Crippen LogP contribution in [0.4, 0.5) is 0 Å². The van der Waals surface area contributed by atoms with E-state index in [2.05, 4.69) is 5.32 Å². The van der Waals surface area contributed by atoms with Crippen LogP contribution in [0.1, 0.15) is 32.6 Å². The van der Waals surface area contributed by atoms with Gasteiger partial charge in [0.15, 0.2) is 0 Å². The number of rotatable bonds is 6. The minimum atomic E-state index is -2.84. The smallest absolute Gasteiger partial charge is 0.148 e. The fourth-order valence-corrected chi connectivity index (χ4v) is 3.40. The van der Waals surface area contributed by atoms with Gasteiger partial charge < -0.3 is 5.32 Å². The van der Waals surface area contributed by atoms with Crippen molar-refractivity contribution in [2.75, 3.05) is 12.0 Å². The van der Waals surface area contributed by atoms with Crippen LogP contribution in [0, 0.1) is 11.8 Å². The van der Waals surface area contributed by atoms with E-state index in [0.717, 1.165) is 11.8 Å². The van der Waals surface area contributed by atoms with E-state index in [1.165, 1.54) is 31.9 Å². The third kappa shape index (κ3) is 3.76. The van der Waals surface area contributed by atoms with Gasteiger partial charge in [-0.25, -0.2) is 8.42 Å². The van der Waals surface area contributed by atoms with Crippen LogP contribution in [0.2, 0.25) is 0 Å². The van der Waals surface area contributed by atoms with E-state index in [4.69, 9.17) is 0 Å². The Morgan fingerprint density at radius 3 is 2.00 bits per heavy atom. The molecule has 2 rings (SSSR count). The second-order valence-electron chi connectivity index (χ2n) is 5.36. The highest BCUT2D eigenvalue weighted by atomic mass is 32.2. The van der Waals surface area contributed by atoms with Crippen molar-refractivity contribution in [3.63, 3.8) is 0 Å². The predicted molar refractivity (Wildman–Crippen MR) is 61.5 cm³/mol. The molecular weight excluding hydrogens is 210 g/mol. The molecule has 2 aliphatic carbocycles. The van der Waals surface area contributed by atoms with Crippen molar-refractivity contribution in [3.05, 3.63) is 0 Å². The number of hydrogen-bond donors (Lipinski definition) is 1. The summed E-state index contributed by atoms with van der Waals surface area (Å²) in [7, 11) is -2.84. The van der Waals surface area contributed by atoms with Crippen LogP contribution in [0.5, 0.6) is 0 Å². The fourth-order valence-electron chi connectivity index (χ4n) is 2.40. The molecule has 0 aliphatic heterocycles. The van der Waals surface area contributed by atoms with Crippen LogP contribution in [-0.2, 0) is 9.84 Å². The van der Waals surface area contributed by atoms with Crippen LogP contribution in [0.25, 0.3) is 0 Å². The van der Waals surface area contributed by atoms with Gasteiger partial charge >= 0.3 is 0 Å². The van der Waals surface area contributed by atoms with Gasteiger partial charge in [0.25, 0.3) is 0 Å². The van der Waals surface area contributed by atoms with Crippen LogP contribution in [0.3, 0.4) is 0 Å². The Bertz CT molecular complexity index is 305. The highest BCUT2D eigenvalue weighted by Gasteiger charge is 2.41. The SMILES string of the molecule is CC(CS(C)(=O)=O)NC(C1CC1)C1CC1. The standard InChI is InChI=1S/C11H21NO2S/c1-8(7-15(2,13)14)12-11(9-3-4-9)10-5-6-10/h8-12H,3-7H2,1-2H3. The average Bonchev–Trinajstić information content (AvgIpc) is 2.92. The normalized spacial score (nSPS) is 24.5. The molecule has 0 radical (unpaired) electrons. The Morgan fingerprint density at radius 2 is 1.67 bits per heavy atom. The summed E-state index contributed by atoms with van der Waals surface area (Å²) < 4.78 is 22.3. The van der Waals surface area contributed by atoms with E-state index < -0.39 is 9.84 Å². The van der Waals surface area contributed by atoms with Gasteiger partial charge in [-0.15, -0.1) is 0 Å². The Kier molecular flexibility index (Phi) is 3.08. The molecule has 0 spiro atoms. The fraction of sp³-hybridized carbons (Fsp3) is 1.00. The second kappa shape index (κ2) is 4.06. The molecule has 88 valence electrons. The van der Waals surface area contributed by atoms with Gasteiger partial charge in [-0.3, -0.25) is 0 Å². The molecule has 3 nitrogen and oxygen atoms in total. The van der Waals surface area contributed by atoms with E-state index in [-0.39, 0.29) is 11.8 Å². The summed E-state index contributed by atoms with van der Waals surface area (Å²) >= 11 is 0. The minimum absolute atomic E-state index is 0.103. The first-order valence-electron chi connectivity index (χ1n) is 5.89. The van der Waals surface area contributed by atoms with Crippen molar-refractivity contribution in [1.82, 2.24) is 5.32 Å². The monoisotopic (exact) mass is 231 g/mol. The van der Waals surface area contributed by atoms with Gasteiger partial charge in [0.05, 0.1) is 5.75 Å². The van der Waals surface area contributed by atoms with Gasteiger partial charge in [-0.05, 0) is 44.4 Å². The maximum Gasteiger partial charge on any atom is 0.148 e. The quantitative estimate of drug-likeness (QED) is 0.747. The zero-order chi connectivity index (χ0) is 11.1. The third-order valence-electron chi connectivity index (χ3n) is 3.29. The van der Waals surface area contributed by atoms with Gasteiger partial charge in [0, 0.05) is 18.3 Å². The van der Waals surface area contributed by atoms with Crippen LogP contribution < -0.4 is 5.32 Å². The molecule has 1 atom stereocenters. The molecule has 15 heavy (non-hydrogen) atoms. The highest BCUT2D eigenvalue weighted by molar-refractivity contribution is 7.90. The van der Waals surface area contributed by atoms with E-state index in [1.807, 2.05) is 6.92 Å². The molecule has 0 amide bonds. The molecule has 0 bridgehead atoms. The molecule has 0 heterocycles. The first-order chi connectivity index (χ1) is 6.96. The molecule has 2 fully saturated rings. The molecule has 2 saturated carbocycles. The van der Waals surface area contributed by atoms with Crippen molar-refractivity contribution >= 4 is 9.84 Å². The summed E-state index contributed by atoms with van der Waals surface area (Å²) in [6, 6.07) is 0.702. The summed E-state index contributed by atoms with van der Waals surface area (Å²) in [5.74, 6) is 1.93. The lowest BCUT2D eigenvalue weighted by atomic mass is 10.1. The van der Waals surface area contributed by atoms with Gasteiger partial charge in [-0.1, -0.05) is 0 Å². The molecule has 1 unspecified atom stereocenters. The minimum Gasteiger partial charge on any atom is -0.310 e. The Morgan fingerprint density at radius 1 is 1.20 bits per heavy atom. The maximum atomic E-state index is 11.2. The molecule has 0 aromatic heterocycles. The van der Waals surface area contributed by atoms with Crippen molar-refractivity contribution in [3.8, 4) is 0 Å². The topological polar surface area (TPSA) is 46.2 Å². The van der Waals surface area contributed by atoms with Crippen LogP contribution in [-0.4, -0.2) is 32.5 Å². The first kappa shape index (κ1) is 11.4. The largest absolute Gasteiger partial charge is 0.310 e. The van der Waals surface area contributed by atoms with Crippen molar-refractivity contribution in [2.45, 2.75) is 44.7 Å². The third-order valence-corrected chi connectivity index (χ3v) is 4.39. The van der Waals surface area contributed by atoms with Crippen molar-refractivity contribution < 1.29 is 8.42 Å². The molecule has 0 aromatic rings. The van der Waals surface area contributed by atoms with Crippen LogP contribution >= 0.6 is 0 Å². The first-order valence-corrected chi connectivity index (χ1v) is 7.95. The maximum absolute atomic E-state index is 11.2. The van der Waals surface area contributed by atoms with Gasteiger partial charge in [-0.2, -0.15) is 0 Å². The zero-order valence-corrected chi connectivity index (χ0v) is 10.4. The zero-order valence-electron chi connectivity index (χ0n) is 9.57. The second-order valence-corrected chi connectivity index (χ2v) is 7.55. The van der Waals surface area contributed by atoms with Crippen molar-refractivity contribution in [1.29, 1.82) is 0 Å². The summed E-state index contributed by atoms with van der Waals surface area (Å²) in [6.45, 7) is 1.98. The van der Waals surface area contributed by atoms with Crippen LogP contribution in [0.15, 0.2) is 0 Å². The Labute approximate surface area is 92.6 Å². The Hall–Kier alpha value is -0.0900. The molecule has 1 N–H and O–H groups in total. The molecule has 2 aliphatic rings. The van der Waals surface area contributed by atoms with E-state index in [1.54, 1.807) is 0 Å². The lowest BCUT2D eigenvalue weighted by Gasteiger charge is -2.22. The molecule has 0 saturated heterocycles. The highest BCUT2D eigenvalue weighted by Crippen LogP contribution is 2.44. The predicted octanol–water partition coefficient (Wildman–Crippen LogP) is 1.20. The van der Waals surface area contributed by atoms with Crippen molar-refractivity contribution in [2.24, 2.45) is 11.8 Å². The van der Waals surface area contributed by atoms with Gasteiger partial charge in [0.2, 0.25) is 0 Å².